The predicted molar refractivity (Wildman–Crippen MR) is 76.7 cm³/mol. The Hall–Kier alpha value is -1.84. The van der Waals surface area contributed by atoms with E-state index in [1.165, 1.54) is 0 Å². The second-order valence-electron chi connectivity index (χ2n) is 5.68. The molecule has 1 aliphatic heterocycles. The van der Waals surface area contributed by atoms with Crippen LogP contribution in [-0.4, -0.2) is 35.0 Å². The van der Waals surface area contributed by atoms with Crippen molar-refractivity contribution in [1.29, 1.82) is 0 Å². The van der Waals surface area contributed by atoms with Crippen molar-refractivity contribution >= 4 is 11.9 Å². The average Bonchev–Trinajstić information content (AvgIpc) is 2.84. The zero-order valence-corrected chi connectivity index (χ0v) is 12.1. The lowest BCUT2D eigenvalue weighted by Gasteiger charge is -2.24. The van der Waals surface area contributed by atoms with Crippen molar-refractivity contribution in [2.75, 3.05) is 13.1 Å². The molecule has 4 nitrogen and oxygen atoms in total. The summed E-state index contributed by atoms with van der Waals surface area (Å²) in [6.45, 7) is 4.77. The lowest BCUT2D eigenvalue weighted by Crippen LogP contribution is -2.36. The molecule has 1 atom stereocenters. The second kappa shape index (κ2) is 5.65. The van der Waals surface area contributed by atoms with Crippen LogP contribution in [0.5, 0.6) is 0 Å². The molecule has 4 heteroatoms. The Morgan fingerprint density at radius 1 is 1.40 bits per heavy atom. The van der Waals surface area contributed by atoms with Crippen molar-refractivity contribution in [3.05, 3.63) is 35.4 Å². The summed E-state index contributed by atoms with van der Waals surface area (Å²) in [6, 6.07) is 7.44. The minimum atomic E-state index is -0.779. The second-order valence-corrected chi connectivity index (χ2v) is 5.68. The molecule has 0 bridgehead atoms. The Morgan fingerprint density at radius 3 is 2.75 bits per heavy atom. The molecule has 1 aliphatic rings. The summed E-state index contributed by atoms with van der Waals surface area (Å²) >= 11 is 0. The summed E-state index contributed by atoms with van der Waals surface area (Å²) in [6.07, 6.45) is 1.99. The van der Waals surface area contributed by atoms with Gasteiger partial charge in [-0.05, 0) is 31.9 Å². The van der Waals surface area contributed by atoms with Gasteiger partial charge in [0.05, 0.1) is 5.41 Å². The monoisotopic (exact) mass is 275 g/mol. The van der Waals surface area contributed by atoms with Crippen LogP contribution in [0, 0.1) is 12.3 Å². The highest BCUT2D eigenvalue weighted by atomic mass is 16.4. The number of nitrogens with zero attached hydrogens (tertiary/aromatic N) is 1. The van der Waals surface area contributed by atoms with Crippen molar-refractivity contribution in [2.24, 2.45) is 5.41 Å². The van der Waals surface area contributed by atoms with Gasteiger partial charge < -0.3 is 10.0 Å². The van der Waals surface area contributed by atoms with Gasteiger partial charge in [-0.25, -0.2) is 0 Å². The van der Waals surface area contributed by atoms with Crippen molar-refractivity contribution in [1.82, 2.24) is 4.90 Å². The third kappa shape index (κ3) is 2.69. The highest BCUT2D eigenvalue weighted by Crippen LogP contribution is 2.36. The third-order valence-electron chi connectivity index (χ3n) is 4.09. The summed E-state index contributed by atoms with van der Waals surface area (Å²) in [5.74, 6) is -0.841. The zero-order valence-electron chi connectivity index (χ0n) is 12.1. The van der Waals surface area contributed by atoms with Crippen molar-refractivity contribution < 1.29 is 14.7 Å². The molecule has 0 aromatic heterocycles. The van der Waals surface area contributed by atoms with E-state index in [4.69, 9.17) is 0 Å². The summed E-state index contributed by atoms with van der Waals surface area (Å²) in [7, 11) is 0. The molecular formula is C16H21NO3. The lowest BCUT2D eigenvalue weighted by molar-refractivity contribution is -0.148. The Bertz CT molecular complexity index is 526. The first-order chi connectivity index (χ1) is 9.48. The number of carboxylic acids is 1. The Balaban J connectivity index is 2.16. The minimum Gasteiger partial charge on any atom is -0.481 e. The van der Waals surface area contributed by atoms with Crippen LogP contribution in [0.25, 0.3) is 0 Å². The van der Waals surface area contributed by atoms with Gasteiger partial charge in [0.1, 0.15) is 0 Å². The number of benzene rings is 1. The van der Waals surface area contributed by atoms with Crippen molar-refractivity contribution in [3.63, 3.8) is 0 Å². The van der Waals surface area contributed by atoms with Crippen LogP contribution in [-0.2, 0) is 4.79 Å². The molecular weight excluding hydrogens is 254 g/mol. The van der Waals surface area contributed by atoms with Gasteiger partial charge in [0.25, 0.3) is 5.91 Å². The number of likely N-dealkylation sites (tertiary alicyclic amines) is 1. The predicted octanol–water partition coefficient (Wildman–Crippen LogP) is 2.71. The van der Waals surface area contributed by atoms with Gasteiger partial charge in [-0.1, -0.05) is 31.0 Å². The van der Waals surface area contributed by atoms with Gasteiger partial charge in [-0.2, -0.15) is 0 Å². The van der Waals surface area contributed by atoms with E-state index in [0.29, 0.717) is 31.5 Å². The maximum atomic E-state index is 12.4. The molecule has 1 N–H and O–H groups in total. The van der Waals surface area contributed by atoms with E-state index < -0.39 is 11.4 Å². The number of carbonyl (C=O) groups excluding carboxylic acids is 1. The van der Waals surface area contributed by atoms with Crippen LogP contribution in [0.1, 0.15) is 42.1 Å². The number of aliphatic carboxylic acids is 1. The van der Waals surface area contributed by atoms with Crippen molar-refractivity contribution in [3.8, 4) is 0 Å². The van der Waals surface area contributed by atoms with Gasteiger partial charge in [-0.3, -0.25) is 9.59 Å². The van der Waals surface area contributed by atoms with E-state index in [1.54, 1.807) is 11.0 Å². The molecule has 2 rings (SSSR count). The van der Waals surface area contributed by atoms with Gasteiger partial charge >= 0.3 is 5.97 Å². The van der Waals surface area contributed by atoms with E-state index in [9.17, 15) is 14.7 Å². The number of hydrogen-bond acceptors (Lipinski definition) is 2. The normalized spacial score (nSPS) is 22.0. The number of carboxylic acid groups (broad SMARTS) is 1. The number of aryl methyl sites for hydroxylation is 1. The number of hydrogen-bond donors (Lipinski definition) is 1. The molecule has 0 saturated carbocycles. The summed E-state index contributed by atoms with van der Waals surface area (Å²) in [4.78, 5) is 25.7. The topological polar surface area (TPSA) is 57.6 Å². The fourth-order valence-electron chi connectivity index (χ4n) is 2.97. The van der Waals surface area contributed by atoms with Gasteiger partial charge in [0.15, 0.2) is 0 Å². The Kier molecular flexibility index (Phi) is 4.12. The highest BCUT2D eigenvalue weighted by molar-refractivity contribution is 5.95. The van der Waals surface area contributed by atoms with E-state index in [-0.39, 0.29) is 5.91 Å². The molecule has 1 aromatic rings. The fraction of sp³-hybridized carbons (Fsp3) is 0.500. The van der Waals surface area contributed by atoms with Gasteiger partial charge in [0, 0.05) is 18.7 Å². The lowest BCUT2D eigenvalue weighted by atomic mass is 9.83. The SMILES string of the molecule is CCCC1(C(=O)O)CCN(C(=O)c2cccc(C)c2)C1. The number of carbonyl (C=O) groups is 2. The maximum absolute atomic E-state index is 12.4. The first-order valence-electron chi connectivity index (χ1n) is 7.08. The van der Waals surface area contributed by atoms with Crippen LogP contribution in [0.2, 0.25) is 0 Å². The summed E-state index contributed by atoms with van der Waals surface area (Å²) in [5, 5.41) is 9.47. The molecule has 1 unspecified atom stereocenters. The van der Waals surface area contributed by atoms with Crippen LogP contribution in [0.3, 0.4) is 0 Å². The molecule has 0 radical (unpaired) electrons. The number of amides is 1. The van der Waals surface area contributed by atoms with Gasteiger partial charge in [-0.15, -0.1) is 0 Å². The van der Waals surface area contributed by atoms with Gasteiger partial charge in [0.2, 0.25) is 0 Å². The van der Waals surface area contributed by atoms with E-state index in [0.717, 1.165) is 12.0 Å². The van der Waals surface area contributed by atoms with Crippen molar-refractivity contribution in [2.45, 2.75) is 33.1 Å². The smallest absolute Gasteiger partial charge is 0.311 e. The molecule has 1 amide bonds. The zero-order chi connectivity index (χ0) is 14.8. The quantitative estimate of drug-likeness (QED) is 0.919. The summed E-state index contributed by atoms with van der Waals surface area (Å²) in [5.41, 5.74) is 0.921. The molecule has 1 fully saturated rings. The standard InChI is InChI=1S/C16H21NO3/c1-3-7-16(15(19)20)8-9-17(11-16)14(18)13-6-4-5-12(2)10-13/h4-6,10H,3,7-9,11H2,1-2H3,(H,19,20). The molecule has 0 spiro atoms. The van der Waals surface area contributed by atoms with Crippen LogP contribution < -0.4 is 0 Å². The number of rotatable bonds is 4. The van der Waals surface area contributed by atoms with Crippen LogP contribution in [0.4, 0.5) is 0 Å². The fourth-order valence-corrected chi connectivity index (χ4v) is 2.97. The highest BCUT2D eigenvalue weighted by Gasteiger charge is 2.45. The first kappa shape index (κ1) is 14.6. The van der Waals surface area contributed by atoms with E-state index in [2.05, 4.69) is 0 Å². The first-order valence-corrected chi connectivity index (χ1v) is 7.08. The summed E-state index contributed by atoms with van der Waals surface area (Å²) < 4.78 is 0. The molecule has 108 valence electrons. The molecule has 20 heavy (non-hydrogen) atoms. The third-order valence-corrected chi connectivity index (χ3v) is 4.09. The average molecular weight is 275 g/mol. The minimum absolute atomic E-state index is 0.0621. The largest absolute Gasteiger partial charge is 0.481 e. The van der Waals surface area contributed by atoms with E-state index in [1.807, 2.05) is 32.0 Å². The molecule has 1 aromatic carbocycles. The maximum Gasteiger partial charge on any atom is 0.311 e. The van der Waals surface area contributed by atoms with E-state index >= 15 is 0 Å². The van der Waals surface area contributed by atoms with Crippen LogP contribution >= 0.6 is 0 Å². The Labute approximate surface area is 119 Å². The Morgan fingerprint density at radius 2 is 2.15 bits per heavy atom. The van der Waals surface area contributed by atoms with Crippen LogP contribution in [0.15, 0.2) is 24.3 Å². The molecule has 1 saturated heterocycles. The molecule has 0 aliphatic carbocycles. The molecule has 1 heterocycles.